The van der Waals surface area contributed by atoms with Gasteiger partial charge < -0.3 is 9.47 Å². The van der Waals surface area contributed by atoms with Crippen LogP contribution in [-0.2, 0) is 9.47 Å². The summed E-state index contributed by atoms with van der Waals surface area (Å²) in [6.07, 6.45) is 0.386. The Morgan fingerprint density at radius 3 is 2.86 bits per heavy atom. The van der Waals surface area contributed by atoms with Gasteiger partial charge in [-0.3, -0.25) is 0 Å². The van der Waals surface area contributed by atoms with E-state index in [1.54, 1.807) is 0 Å². The average Bonchev–Trinajstić information content (AvgIpc) is 3.03. The fourth-order valence-electron chi connectivity index (χ4n) is 1.11. The standard InChI is InChI=1S/C11H14O2S/c1-2-4-11(5-3-1)14-7-6-12-8-10-9-13-10/h1-5,10H,6-9H2. The Kier molecular flexibility index (Phi) is 3.86. The van der Waals surface area contributed by atoms with E-state index in [4.69, 9.17) is 9.47 Å². The summed E-state index contributed by atoms with van der Waals surface area (Å²) in [6, 6.07) is 10.4. The monoisotopic (exact) mass is 210 g/mol. The van der Waals surface area contributed by atoms with Crippen molar-refractivity contribution >= 4 is 11.8 Å². The molecule has 1 aliphatic rings. The molecule has 0 bridgehead atoms. The Hall–Kier alpha value is -0.510. The summed E-state index contributed by atoms with van der Waals surface area (Å²) in [7, 11) is 0. The van der Waals surface area contributed by atoms with E-state index in [1.807, 2.05) is 17.8 Å². The van der Waals surface area contributed by atoms with Crippen LogP contribution in [0.2, 0.25) is 0 Å². The number of hydrogen-bond donors (Lipinski definition) is 0. The van der Waals surface area contributed by atoms with Crippen LogP contribution in [-0.4, -0.2) is 31.7 Å². The number of thioether (sulfide) groups is 1. The van der Waals surface area contributed by atoms with Crippen LogP contribution in [0.3, 0.4) is 0 Å². The van der Waals surface area contributed by atoms with E-state index in [-0.39, 0.29) is 0 Å². The van der Waals surface area contributed by atoms with Gasteiger partial charge in [0.25, 0.3) is 0 Å². The topological polar surface area (TPSA) is 21.8 Å². The van der Waals surface area contributed by atoms with Crippen molar-refractivity contribution in [3.05, 3.63) is 30.3 Å². The van der Waals surface area contributed by atoms with Crippen LogP contribution in [0.1, 0.15) is 0 Å². The second-order valence-corrected chi connectivity index (χ2v) is 4.36. The van der Waals surface area contributed by atoms with E-state index in [0.717, 1.165) is 25.6 Å². The van der Waals surface area contributed by atoms with Crippen molar-refractivity contribution < 1.29 is 9.47 Å². The molecule has 0 spiro atoms. The Morgan fingerprint density at radius 2 is 2.14 bits per heavy atom. The van der Waals surface area contributed by atoms with Crippen molar-refractivity contribution in [3.63, 3.8) is 0 Å². The molecule has 1 aromatic carbocycles. The van der Waals surface area contributed by atoms with Gasteiger partial charge in [-0.05, 0) is 12.1 Å². The highest BCUT2D eigenvalue weighted by Gasteiger charge is 2.21. The average molecular weight is 210 g/mol. The first-order chi connectivity index (χ1) is 6.95. The SMILES string of the molecule is c1ccc(SCCOCC2CO2)cc1. The van der Waals surface area contributed by atoms with Crippen molar-refractivity contribution in [2.45, 2.75) is 11.0 Å². The Bertz CT molecular complexity index is 259. The molecule has 0 saturated carbocycles. The largest absolute Gasteiger partial charge is 0.378 e. The fraction of sp³-hybridized carbons (Fsp3) is 0.455. The van der Waals surface area contributed by atoms with E-state index in [9.17, 15) is 0 Å². The van der Waals surface area contributed by atoms with Crippen LogP contribution < -0.4 is 0 Å². The first-order valence-electron chi connectivity index (χ1n) is 4.82. The van der Waals surface area contributed by atoms with Crippen LogP contribution in [0, 0.1) is 0 Å². The minimum atomic E-state index is 0.386. The maximum atomic E-state index is 5.43. The van der Waals surface area contributed by atoms with Gasteiger partial charge in [-0.25, -0.2) is 0 Å². The molecule has 1 atom stereocenters. The molecule has 1 aromatic rings. The first kappa shape index (κ1) is 10.0. The van der Waals surface area contributed by atoms with Gasteiger partial charge in [0.1, 0.15) is 6.10 Å². The lowest BCUT2D eigenvalue weighted by molar-refractivity contribution is 0.130. The number of hydrogen-bond acceptors (Lipinski definition) is 3. The van der Waals surface area contributed by atoms with Crippen LogP contribution >= 0.6 is 11.8 Å². The molecule has 14 heavy (non-hydrogen) atoms. The summed E-state index contributed by atoms with van der Waals surface area (Å²) in [5.74, 6) is 1.01. The van der Waals surface area contributed by atoms with Crippen molar-refractivity contribution in [3.8, 4) is 0 Å². The molecule has 1 saturated heterocycles. The minimum absolute atomic E-state index is 0.386. The normalized spacial score (nSPS) is 19.6. The van der Waals surface area contributed by atoms with Gasteiger partial charge in [-0.1, -0.05) is 18.2 Å². The highest BCUT2D eigenvalue weighted by molar-refractivity contribution is 7.99. The van der Waals surface area contributed by atoms with Crippen LogP contribution in [0.15, 0.2) is 35.2 Å². The van der Waals surface area contributed by atoms with Gasteiger partial charge in [0.2, 0.25) is 0 Å². The number of benzene rings is 1. The minimum Gasteiger partial charge on any atom is -0.378 e. The molecule has 0 aliphatic carbocycles. The zero-order valence-electron chi connectivity index (χ0n) is 8.02. The predicted molar refractivity (Wildman–Crippen MR) is 57.7 cm³/mol. The third-order valence-electron chi connectivity index (χ3n) is 1.95. The van der Waals surface area contributed by atoms with Gasteiger partial charge in [0, 0.05) is 10.6 Å². The highest BCUT2D eigenvalue weighted by Crippen LogP contribution is 2.16. The Labute approximate surface area is 88.6 Å². The molecule has 1 aliphatic heterocycles. The lowest BCUT2D eigenvalue weighted by atomic mass is 10.4. The molecule has 0 aromatic heterocycles. The Morgan fingerprint density at radius 1 is 1.36 bits per heavy atom. The van der Waals surface area contributed by atoms with E-state index >= 15 is 0 Å². The molecule has 76 valence electrons. The molecule has 2 nitrogen and oxygen atoms in total. The zero-order valence-corrected chi connectivity index (χ0v) is 8.83. The van der Waals surface area contributed by atoms with Crippen molar-refractivity contribution in [1.29, 1.82) is 0 Å². The van der Waals surface area contributed by atoms with Gasteiger partial charge in [0.05, 0.1) is 19.8 Å². The predicted octanol–water partition coefficient (Wildman–Crippen LogP) is 2.19. The summed E-state index contributed by atoms with van der Waals surface area (Å²) in [6.45, 7) is 2.45. The second-order valence-electron chi connectivity index (χ2n) is 3.19. The third-order valence-corrected chi connectivity index (χ3v) is 2.92. The molecule has 1 unspecified atom stereocenters. The fourth-order valence-corrected chi connectivity index (χ4v) is 1.90. The molecule has 0 N–H and O–H groups in total. The van der Waals surface area contributed by atoms with Gasteiger partial charge >= 0.3 is 0 Å². The van der Waals surface area contributed by atoms with Gasteiger partial charge in [0.15, 0.2) is 0 Å². The lowest BCUT2D eigenvalue weighted by Crippen LogP contribution is -2.04. The van der Waals surface area contributed by atoms with E-state index < -0.39 is 0 Å². The summed E-state index contributed by atoms with van der Waals surface area (Å²) in [4.78, 5) is 1.30. The summed E-state index contributed by atoms with van der Waals surface area (Å²) < 4.78 is 10.5. The lowest BCUT2D eigenvalue weighted by Gasteiger charge is -2.02. The summed E-state index contributed by atoms with van der Waals surface area (Å²) in [5.41, 5.74) is 0. The molecule has 1 fully saturated rings. The van der Waals surface area contributed by atoms with Crippen LogP contribution in [0.5, 0.6) is 0 Å². The molecular weight excluding hydrogens is 196 g/mol. The maximum absolute atomic E-state index is 5.43. The smallest absolute Gasteiger partial charge is 0.104 e. The molecule has 2 rings (SSSR count). The summed E-state index contributed by atoms with van der Waals surface area (Å²) in [5, 5.41) is 0. The van der Waals surface area contributed by atoms with E-state index in [1.165, 1.54) is 4.90 Å². The molecule has 0 radical (unpaired) electrons. The van der Waals surface area contributed by atoms with Crippen molar-refractivity contribution in [2.75, 3.05) is 25.6 Å². The number of ether oxygens (including phenoxy) is 2. The quantitative estimate of drug-likeness (QED) is 0.408. The van der Waals surface area contributed by atoms with Gasteiger partial charge in [-0.2, -0.15) is 0 Å². The van der Waals surface area contributed by atoms with E-state index in [2.05, 4.69) is 24.3 Å². The maximum Gasteiger partial charge on any atom is 0.104 e. The number of epoxide rings is 1. The molecule has 3 heteroatoms. The number of rotatable bonds is 6. The van der Waals surface area contributed by atoms with Gasteiger partial charge in [-0.15, -0.1) is 11.8 Å². The second kappa shape index (κ2) is 5.39. The van der Waals surface area contributed by atoms with Crippen molar-refractivity contribution in [1.82, 2.24) is 0 Å². The highest BCUT2D eigenvalue weighted by atomic mass is 32.2. The molecule has 1 heterocycles. The van der Waals surface area contributed by atoms with Crippen LogP contribution in [0.4, 0.5) is 0 Å². The summed E-state index contributed by atoms with van der Waals surface area (Å²) >= 11 is 1.83. The third kappa shape index (κ3) is 3.70. The van der Waals surface area contributed by atoms with E-state index in [0.29, 0.717) is 6.10 Å². The molecule has 0 amide bonds. The Balaban J connectivity index is 1.54. The molecular formula is C11H14O2S. The zero-order chi connectivity index (χ0) is 9.64. The van der Waals surface area contributed by atoms with Crippen molar-refractivity contribution in [2.24, 2.45) is 0 Å². The first-order valence-corrected chi connectivity index (χ1v) is 5.81. The van der Waals surface area contributed by atoms with Crippen LogP contribution in [0.25, 0.3) is 0 Å².